The van der Waals surface area contributed by atoms with Crippen LogP contribution in [0.25, 0.3) is 10.2 Å². The average Bonchev–Trinajstić information content (AvgIpc) is 2.85. The minimum Gasteiger partial charge on any atom is -0.395 e. The summed E-state index contributed by atoms with van der Waals surface area (Å²) in [4.78, 5) is 12.1. The normalized spacial score (nSPS) is 10.8. The van der Waals surface area contributed by atoms with Gasteiger partial charge in [0.25, 0.3) is 0 Å². The van der Waals surface area contributed by atoms with Crippen LogP contribution in [0, 0.1) is 0 Å². The summed E-state index contributed by atoms with van der Waals surface area (Å²) in [5, 5.41) is 12.2. The number of fused-ring (bicyclic) bond motifs is 1. The Kier molecular flexibility index (Phi) is 4.28. The Labute approximate surface area is 111 Å². The Morgan fingerprint density at radius 1 is 1.50 bits per heavy atom. The molecular formula is C13H17N3OS. The Hall–Kier alpha value is -1.46. The summed E-state index contributed by atoms with van der Waals surface area (Å²) < 4.78 is 0. The molecular weight excluding hydrogens is 246 g/mol. The number of anilines is 1. The second-order valence-corrected chi connectivity index (χ2v) is 4.81. The molecule has 0 amide bonds. The molecule has 18 heavy (non-hydrogen) atoms. The molecule has 2 aromatic heterocycles. The number of thiophene rings is 1. The number of aromatic nitrogens is 2. The van der Waals surface area contributed by atoms with Crippen LogP contribution in [-0.2, 0) is 6.42 Å². The molecule has 2 heterocycles. The summed E-state index contributed by atoms with van der Waals surface area (Å²) in [7, 11) is 0. The molecule has 0 saturated heterocycles. The molecule has 0 atom stereocenters. The standard InChI is InChI=1S/C13H17N3OS/c1-3-6-16(7-8-17)12-10-5-9-18-13(10)15-11(4-2)14-12/h3,5,9,17H,1,4,6-8H2,2H3. The summed E-state index contributed by atoms with van der Waals surface area (Å²) in [6.07, 6.45) is 2.63. The highest BCUT2D eigenvalue weighted by Gasteiger charge is 2.13. The van der Waals surface area contributed by atoms with Crippen molar-refractivity contribution in [2.75, 3.05) is 24.6 Å². The van der Waals surface area contributed by atoms with Gasteiger partial charge in [-0.3, -0.25) is 0 Å². The Bertz CT molecular complexity index is 538. The molecule has 2 aromatic rings. The number of hydrogen-bond acceptors (Lipinski definition) is 5. The largest absolute Gasteiger partial charge is 0.395 e. The Balaban J connectivity index is 2.51. The molecule has 5 heteroatoms. The first-order valence-electron chi connectivity index (χ1n) is 6.01. The van der Waals surface area contributed by atoms with E-state index in [2.05, 4.69) is 16.5 Å². The van der Waals surface area contributed by atoms with Crippen LogP contribution in [0.1, 0.15) is 12.7 Å². The molecule has 0 bridgehead atoms. The van der Waals surface area contributed by atoms with Gasteiger partial charge in [0.05, 0.1) is 12.0 Å². The number of hydrogen-bond donors (Lipinski definition) is 1. The zero-order valence-electron chi connectivity index (χ0n) is 10.5. The summed E-state index contributed by atoms with van der Waals surface area (Å²) in [6, 6.07) is 2.03. The molecule has 1 N–H and O–H groups in total. The third-order valence-corrected chi connectivity index (χ3v) is 3.49. The SMILES string of the molecule is C=CCN(CCO)c1nc(CC)nc2sccc12. The molecule has 0 aliphatic rings. The van der Waals surface area contributed by atoms with Crippen molar-refractivity contribution in [1.82, 2.24) is 9.97 Å². The van der Waals surface area contributed by atoms with Gasteiger partial charge in [-0.05, 0) is 11.4 Å². The maximum Gasteiger partial charge on any atom is 0.141 e. The van der Waals surface area contributed by atoms with Crippen molar-refractivity contribution in [3.63, 3.8) is 0 Å². The predicted octanol–water partition coefficient (Wildman–Crippen LogP) is 2.24. The van der Waals surface area contributed by atoms with Gasteiger partial charge in [0.15, 0.2) is 0 Å². The molecule has 0 aliphatic heterocycles. The molecule has 0 saturated carbocycles. The number of aryl methyl sites for hydroxylation is 1. The zero-order valence-corrected chi connectivity index (χ0v) is 11.3. The van der Waals surface area contributed by atoms with Crippen LogP contribution in [0.2, 0.25) is 0 Å². The molecule has 0 radical (unpaired) electrons. The van der Waals surface area contributed by atoms with Crippen molar-refractivity contribution in [2.45, 2.75) is 13.3 Å². The van der Waals surface area contributed by atoms with Gasteiger partial charge in [-0.15, -0.1) is 17.9 Å². The molecule has 0 unspecified atom stereocenters. The fourth-order valence-corrected chi connectivity index (χ4v) is 2.62. The second kappa shape index (κ2) is 5.93. The van der Waals surface area contributed by atoms with Crippen molar-refractivity contribution in [2.24, 2.45) is 0 Å². The highest BCUT2D eigenvalue weighted by Crippen LogP contribution is 2.27. The molecule has 0 aromatic carbocycles. The average molecular weight is 263 g/mol. The number of nitrogens with zero attached hydrogens (tertiary/aromatic N) is 3. The van der Waals surface area contributed by atoms with Crippen molar-refractivity contribution >= 4 is 27.4 Å². The highest BCUT2D eigenvalue weighted by molar-refractivity contribution is 7.16. The summed E-state index contributed by atoms with van der Waals surface area (Å²) in [6.45, 7) is 7.13. The van der Waals surface area contributed by atoms with E-state index in [1.807, 2.05) is 29.3 Å². The van der Waals surface area contributed by atoms with Crippen molar-refractivity contribution < 1.29 is 5.11 Å². The van der Waals surface area contributed by atoms with E-state index in [1.54, 1.807) is 11.3 Å². The number of aliphatic hydroxyl groups excluding tert-OH is 1. The van der Waals surface area contributed by atoms with Gasteiger partial charge >= 0.3 is 0 Å². The maximum absolute atomic E-state index is 9.16. The van der Waals surface area contributed by atoms with E-state index < -0.39 is 0 Å². The van der Waals surface area contributed by atoms with E-state index in [0.717, 1.165) is 28.3 Å². The lowest BCUT2D eigenvalue weighted by Gasteiger charge is -2.22. The first-order chi connectivity index (χ1) is 8.80. The number of rotatable bonds is 6. The van der Waals surface area contributed by atoms with Crippen LogP contribution >= 0.6 is 11.3 Å². The number of aliphatic hydroxyl groups is 1. The predicted molar refractivity (Wildman–Crippen MR) is 76.3 cm³/mol. The highest BCUT2D eigenvalue weighted by atomic mass is 32.1. The van der Waals surface area contributed by atoms with Crippen molar-refractivity contribution in [1.29, 1.82) is 0 Å². The summed E-state index contributed by atoms with van der Waals surface area (Å²) in [5.41, 5.74) is 0. The van der Waals surface area contributed by atoms with Gasteiger partial charge in [-0.2, -0.15) is 0 Å². The van der Waals surface area contributed by atoms with E-state index in [-0.39, 0.29) is 6.61 Å². The molecule has 0 fully saturated rings. The van der Waals surface area contributed by atoms with Gasteiger partial charge in [0.2, 0.25) is 0 Å². The lowest BCUT2D eigenvalue weighted by molar-refractivity contribution is 0.303. The molecule has 0 spiro atoms. The Morgan fingerprint density at radius 2 is 2.33 bits per heavy atom. The molecule has 0 aliphatic carbocycles. The van der Waals surface area contributed by atoms with Crippen molar-refractivity contribution in [3.8, 4) is 0 Å². The smallest absolute Gasteiger partial charge is 0.141 e. The van der Waals surface area contributed by atoms with Gasteiger partial charge in [-0.25, -0.2) is 9.97 Å². The first-order valence-corrected chi connectivity index (χ1v) is 6.89. The van der Waals surface area contributed by atoms with E-state index in [4.69, 9.17) is 5.11 Å². The quantitative estimate of drug-likeness (QED) is 0.812. The van der Waals surface area contributed by atoms with Crippen LogP contribution < -0.4 is 4.90 Å². The monoisotopic (exact) mass is 263 g/mol. The third kappa shape index (κ3) is 2.52. The summed E-state index contributed by atoms with van der Waals surface area (Å²) in [5.74, 6) is 1.74. The van der Waals surface area contributed by atoms with E-state index >= 15 is 0 Å². The van der Waals surface area contributed by atoms with Crippen LogP contribution in [0.15, 0.2) is 24.1 Å². The van der Waals surface area contributed by atoms with Gasteiger partial charge < -0.3 is 10.0 Å². The second-order valence-electron chi connectivity index (χ2n) is 3.91. The van der Waals surface area contributed by atoms with E-state index in [0.29, 0.717) is 13.1 Å². The van der Waals surface area contributed by atoms with Crippen molar-refractivity contribution in [3.05, 3.63) is 29.9 Å². The minimum absolute atomic E-state index is 0.102. The Morgan fingerprint density at radius 3 is 3.00 bits per heavy atom. The van der Waals surface area contributed by atoms with Gasteiger partial charge in [-0.1, -0.05) is 13.0 Å². The first kappa shape index (κ1) is 13.0. The fourth-order valence-electron chi connectivity index (χ4n) is 1.84. The minimum atomic E-state index is 0.102. The molecule has 2 rings (SSSR count). The third-order valence-electron chi connectivity index (χ3n) is 2.69. The lowest BCUT2D eigenvalue weighted by Crippen LogP contribution is -2.28. The van der Waals surface area contributed by atoms with Crippen LogP contribution in [0.5, 0.6) is 0 Å². The van der Waals surface area contributed by atoms with Gasteiger partial charge in [0.1, 0.15) is 16.5 Å². The van der Waals surface area contributed by atoms with E-state index in [1.165, 1.54) is 0 Å². The topological polar surface area (TPSA) is 49.2 Å². The molecule has 96 valence electrons. The lowest BCUT2D eigenvalue weighted by atomic mass is 10.3. The fraction of sp³-hybridized carbons (Fsp3) is 0.385. The van der Waals surface area contributed by atoms with Crippen LogP contribution in [0.3, 0.4) is 0 Å². The van der Waals surface area contributed by atoms with E-state index in [9.17, 15) is 0 Å². The summed E-state index contributed by atoms with van der Waals surface area (Å²) >= 11 is 1.62. The molecule has 4 nitrogen and oxygen atoms in total. The maximum atomic E-state index is 9.16. The zero-order chi connectivity index (χ0) is 13.0. The van der Waals surface area contributed by atoms with Crippen LogP contribution in [0.4, 0.5) is 5.82 Å². The van der Waals surface area contributed by atoms with Crippen LogP contribution in [-0.4, -0.2) is 34.8 Å². The van der Waals surface area contributed by atoms with Gasteiger partial charge in [0, 0.05) is 19.5 Å².